The molecule has 1 heterocycles. The largest absolute Gasteiger partial charge is 0.497 e. The van der Waals surface area contributed by atoms with E-state index >= 15 is 0 Å². The average Bonchev–Trinajstić information content (AvgIpc) is 2.62. The van der Waals surface area contributed by atoms with Crippen molar-refractivity contribution in [2.75, 3.05) is 20.2 Å². The number of piperidine rings is 1. The number of ketones is 2. The van der Waals surface area contributed by atoms with Gasteiger partial charge in [0.05, 0.1) is 13.4 Å². The molecule has 6 heteroatoms. The van der Waals surface area contributed by atoms with Gasteiger partial charge in [0.25, 0.3) is 0 Å². The van der Waals surface area contributed by atoms with Crippen LogP contribution >= 0.6 is 0 Å². The van der Waals surface area contributed by atoms with Gasteiger partial charge in [0, 0.05) is 31.3 Å². The minimum Gasteiger partial charge on any atom is -0.497 e. The lowest BCUT2D eigenvalue weighted by Gasteiger charge is -2.49. The normalized spacial score (nSPS) is 26.0. The Kier molecular flexibility index (Phi) is 4.61. The molecule has 1 saturated heterocycles. The Morgan fingerprint density at radius 2 is 2.16 bits per heavy atom. The quantitative estimate of drug-likeness (QED) is 0.623. The van der Waals surface area contributed by atoms with E-state index in [4.69, 9.17) is 9.47 Å². The molecule has 0 radical (unpaired) electrons. The first-order valence-corrected chi connectivity index (χ1v) is 8.27. The monoisotopic (exact) mass is 343 g/mol. The first-order chi connectivity index (χ1) is 12.0. The van der Waals surface area contributed by atoms with Crippen LogP contribution in [-0.4, -0.2) is 42.8 Å². The Morgan fingerprint density at radius 3 is 2.88 bits per heavy atom. The molecule has 132 valence electrons. The fourth-order valence-electron chi connectivity index (χ4n) is 4.01. The highest BCUT2D eigenvalue weighted by Gasteiger charge is 2.51. The number of rotatable bonds is 3. The van der Waals surface area contributed by atoms with E-state index in [0.717, 1.165) is 11.8 Å². The molecule has 1 aliphatic carbocycles. The molecule has 2 aliphatic rings. The van der Waals surface area contributed by atoms with E-state index in [1.165, 1.54) is 0 Å². The van der Waals surface area contributed by atoms with E-state index in [9.17, 15) is 14.4 Å². The van der Waals surface area contributed by atoms with Crippen LogP contribution in [0.25, 0.3) is 0 Å². The van der Waals surface area contributed by atoms with Crippen molar-refractivity contribution in [3.05, 3.63) is 42.7 Å². The number of ether oxygens (including phenoxy) is 2. The number of nitrogens with zero attached hydrogens (tertiary/aromatic N) is 1. The van der Waals surface area contributed by atoms with E-state index in [0.29, 0.717) is 25.3 Å². The first-order valence-electron chi connectivity index (χ1n) is 8.27. The van der Waals surface area contributed by atoms with E-state index < -0.39 is 11.5 Å². The minimum atomic E-state index is -0.474. The summed E-state index contributed by atoms with van der Waals surface area (Å²) in [7, 11) is 1.59. The molecule has 2 atom stereocenters. The number of carbonyl (C=O) groups is 3. The predicted molar refractivity (Wildman–Crippen MR) is 90.3 cm³/mol. The number of methoxy groups -OCH3 is 1. The lowest BCUT2D eigenvalue weighted by molar-refractivity contribution is -0.142. The van der Waals surface area contributed by atoms with Crippen LogP contribution in [0.2, 0.25) is 0 Å². The van der Waals surface area contributed by atoms with Gasteiger partial charge in [-0.05, 0) is 30.0 Å². The van der Waals surface area contributed by atoms with Gasteiger partial charge in [0.1, 0.15) is 5.75 Å². The lowest BCUT2D eigenvalue weighted by Crippen LogP contribution is -2.56. The van der Waals surface area contributed by atoms with Crippen molar-refractivity contribution in [3.63, 3.8) is 0 Å². The zero-order valence-electron chi connectivity index (χ0n) is 14.2. The third kappa shape index (κ3) is 3.04. The Morgan fingerprint density at radius 1 is 1.36 bits per heavy atom. The van der Waals surface area contributed by atoms with Crippen molar-refractivity contribution >= 4 is 17.7 Å². The number of fused-ring (bicyclic) bond motifs is 1. The van der Waals surface area contributed by atoms with Gasteiger partial charge in [-0.15, -0.1) is 0 Å². The molecule has 1 aliphatic heterocycles. The Bertz CT molecular complexity index is 728. The topological polar surface area (TPSA) is 72.9 Å². The van der Waals surface area contributed by atoms with Crippen molar-refractivity contribution in [1.82, 2.24) is 4.90 Å². The van der Waals surface area contributed by atoms with Gasteiger partial charge < -0.3 is 14.4 Å². The third-order valence-corrected chi connectivity index (χ3v) is 5.36. The maximum Gasteiger partial charge on any atom is 0.414 e. The van der Waals surface area contributed by atoms with Crippen molar-refractivity contribution < 1.29 is 23.9 Å². The highest BCUT2D eigenvalue weighted by Crippen LogP contribution is 2.47. The standard InChI is InChI=1S/C19H21NO5/c1-3-25-18(23)20-8-7-19(13-5-4-6-15(9-13)24-2)11-17(22)16(21)10-14(19)12-20/h3-6,9,14H,1,7-8,10-12H2,2H3/t14-,19+/m0/s1. The van der Waals surface area contributed by atoms with Crippen LogP contribution in [0.1, 0.15) is 24.8 Å². The second-order valence-electron chi connectivity index (χ2n) is 6.56. The zero-order valence-corrected chi connectivity index (χ0v) is 14.2. The summed E-state index contributed by atoms with van der Waals surface area (Å²) >= 11 is 0. The summed E-state index contributed by atoms with van der Waals surface area (Å²) in [5, 5.41) is 0. The molecule has 0 spiro atoms. The predicted octanol–water partition coefficient (Wildman–Crippen LogP) is 2.47. The Balaban J connectivity index is 1.96. The van der Waals surface area contributed by atoms with Gasteiger partial charge in [-0.1, -0.05) is 18.7 Å². The van der Waals surface area contributed by atoms with Gasteiger partial charge in [-0.2, -0.15) is 0 Å². The number of likely N-dealkylation sites (tertiary alicyclic amines) is 1. The van der Waals surface area contributed by atoms with Crippen LogP contribution in [0.15, 0.2) is 37.1 Å². The van der Waals surface area contributed by atoms with E-state index in [-0.39, 0.29) is 30.3 Å². The van der Waals surface area contributed by atoms with Gasteiger partial charge in [0.15, 0.2) is 11.6 Å². The second kappa shape index (κ2) is 6.70. The molecular formula is C19H21NO5. The minimum absolute atomic E-state index is 0.129. The summed E-state index contributed by atoms with van der Waals surface area (Å²) < 4.78 is 10.2. The van der Waals surface area contributed by atoms with Crippen molar-refractivity contribution in [1.29, 1.82) is 0 Å². The Labute approximate surface area is 146 Å². The van der Waals surface area contributed by atoms with Crippen molar-refractivity contribution in [2.24, 2.45) is 5.92 Å². The highest BCUT2D eigenvalue weighted by molar-refractivity contribution is 6.38. The van der Waals surface area contributed by atoms with Crippen LogP contribution in [0.4, 0.5) is 4.79 Å². The lowest BCUT2D eigenvalue weighted by atomic mass is 9.58. The molecule has 2 fully saturated rings. The fourth-order valence-corrected chi connectivity index (χ4v) is 4.01. The summed E-state index contributed by atoms with van der Waals surface area (Å²) in [6, 6.07) is 7.63. The van der Waals surface area contributed by atoms with Crippen LogP contribution in [-0.2, 0) is 19.7 Å². The molecule has 1 amide bonds. The number of Topliss-reactive ketones (excluding diaryl/α,β-unsaturated/α-hetero) is 2. The molecule has 25 heavy (non-hydrogen) atoms. The fraction of sp³-hybridized carbons (Fsp3) is 0.421. The molecule has 0 bridgehead atoms. The van der Waals surface area contributed by atoms with Crippen molar-refractivity contribution in [3.8, 4) is 5.75 Å². The van der Waals surface area contributed by atoms with Gasteiger partial charge in [-0.3, -0.25) is 9.59 Å². The molecule has 1 aromatic rings. The maximum absolute atomic E-state index is 12.2. The van der Waals surface area contributed by atoms with Crippen molar-refractivity contribution in [2.45, 2.75) is 24.7 Å². The third-order valence-electron chi connectivity index (χ3n) is 5.36. The highest BCUT2D eigenvalue weighted by atomic mass is 16.5. The summed E-state index contributed by atoms with van der Waals surface area (Å²) in [5.74, 6) is -0.108. The molecule has 0 aromatic heterocycles. The van der Waals surface area contributed by atoms with E-state index in [1.54, 1.807) is 12.0 Å². The summed E-state index contributed by atoms with van der Waals surface area (Å²) in [4.78, 5) is 37.8. The van der Waals surface area contributed by atoms with Crippen LogP contribution in [0.5, 0.6) is 5.75 Å². The number of carbonyl (C=O) groups excluding carboxylic acids is 3. The molecule has 6 nitrogen and oxygen atoms in total. The first kappa shape index (κ1) is 17.2. The molecule has 3 rings (SSSR count). The maximum atomic E-state index is 12.2. The van der Waals surface area contributed by atoms with E-state index in [2.05, 4.69) is 6.58 Å². The van der Waals surface area contributed by atoms with Crippen LogP contribution < -0.4 is 4.74 Å². The molecular weight excluding hydrogens is 322 g/mol. The van der Waals surface area contributed by atoms with Crippen LogP contribution in [0.3, 0.4) is 0 Å². The summed E-state index contributed by atoms with van der Waals surface area (Å²) in [6.07, 6.45) is 1.54. The molecule has 1 saturated carbocycles. The summed E-state index contributed by atoms with van der Waals surface area (Å²) in [6.45, 7) is 4.23. The molecule has 0 N–H and O–H groups in total. The van der Waals surface area contributed by atoms with Gasteiger partial charge in [-0.25, -0.2) is 4.79 Å². The SMILES string of the molecule is C=COC(=O)N1CC[C@]2(c3cccc(OC)c3)CC(=O)C(=O)C[C@H]2C1. The Hall–Kier alpha value is -2.63. The van der Waals surface area contributed by atoms with E-state index in [1.807, 2.05) is 24.3 Å². The zero-order chi connectivity index (χ0) is 18.0. The van der Waals surface area contributed by atoms with Gasteiger partial charge >= 0.3 is 6.09 Å². The number of amides is 1. The smallest absolute Gasteiger partial charge is 0.414 e. The van der Waals surface area contributed by atoms with Gasteiger partial charge in [0.2, 0.25) is 0 Å². The number of hydrogen-bond donors (Lipinski definition) is 0. The number of hydrogen-bond acceptors (Lipinski definition) is 5. The molecule has 1 aromatic carbocycles. The average molecular weight is 343 g/mol. The summed E-state index contributed by atoms with van der Waals surface area (Å²) in [5.41, 5.74) is 0.527. The van der Waals surface area contributed by atoms with Crippen LogP contribution in [0, 0.1) is 5.92 Å². The molecule has 0 unspecified atom stereocenters. The number of benzene rings is 1. The second-order valence-corrected chi connectivity index (χ2v) is 6.56.